The average molecular weight is 485 g/mol. The number of nitrogens with one attached hydrogen (secondary N) is 3. The van der Waals surface area contributed by atoms with Gasteiger partial charge in [-0.1, -0.05) is 12.1 Å². The number of piperazine rings is 1. The lowest BCUT2D eigenvalue weighted by Crippen LogP contribution is -2.54. The van der Waals surface area contributed by atoms with E-state index in [9.17, 15) is 14.4 Å². The Bertz CT molecular complexity index is 999. The zero-order valence-electron chi connectivity index (χ0n) is 20.5. The van der Waals surface area contributed by atoms with E-state index in [1.165, 1.54) is 0 Å². The van der Waals surface area contributed by atoms with Crippen LogP contribution in [0.4, 0.5) is 5.69 Å². The van der Waals surface area contributed by atoms with Crippen LogP contribution in [-0.4, -0.2) is 86.9 Å². The largest absolute Gasteiger partial charge is 0.451 e. The van der Waals surface area contributed by atoms with Crippen molar-refractivity contribution in [1.82, 2.24) is 20.4 Å². The molecule has 3 amide bonds. The zero-order chi connectivity index (χ0) is 25.2. The maximum atomic E-state index is 12.9. The summed E-state index contributed by atoms with van der Waals surface area (Å²) in [6.07, 6.45) is 1.56. The van der Waals surface area contributed by atoms with Crippen LogP contribution in [0.2, 0.25) is 0 Å². The number of rotatable bonds is 11. The van der Waals surface area contributed by atoms with Crippen molar-refractivity contribution >= 4 is 23.4 Å². The van der Waals surface area contributed by atoms with Gasteiger partial charge in [-0.25, -0.2) is 0 Å². The predicted molar refractivity (Wildman–Crippen MR) is 135 cm³/mol. The quantitative estimate of drug-likeness (QED) is 0.375. The minimum absolute atomic E-state index is 0.0522. The van der Waals surface area contributed by atoms with Crippen molar-refractivity contribution in [3.63, 3.8) is 0 Å². The fraction of sp³-hybridized carbons (Fsp3) is 0.480. The van der Waals surface area contributed by atoms with E-state index in [-0.39, 0.29) is 24.1 Å². The van der Waals surface area contributed by atoms with E-state index < -0.39 is 11.9 Å². The SMILES string of the molecule is CN(C)CCCC(=O)Nc1cccc(-c2ccc(C(=O)N[C@H](CCN)C(=O)N3CCNCC3)o2)c1. The second-order valence-electron chi connectivity index (χ2n) is 8.88. The molecule has 0 saturated carbocycles. The van der Waals surface area contributed by atoms with Crippen LogP contribution in [0.25, 0.3) is 11.3 Å². The number of nitrogens with two attached hydrogens (primary N) is 1. The first-order valence-electron chi connectivity index (χ1n) is 12.0. The summed E-state index contributed by atoms with van der Waals surface area (Å²) in [5.41, 5.74) is 7.07. The van der Waals surface area contributed by atoms with Crippen LogP contribution >= 0.6 is 0 Å². The van der Waals surface area contributed by atoms with Crippen LogP contribution in [-0.2, 0) is 9.59 Å². The maximum Gasteiger partial charge on any atom is 0.287 e. The third-order valence-electron chi connectivity index (χ3n) is 5.76. The first-order chi connectivity index (χ1) is 16.9. The van der Waals surface area contributed by atoms with E-state index in [1.54, 1.807) is 23.1 Å². The van der Waals surface area contributed by atoms with Crippen LogP contribution in [0.15, 0.2) is 40.8 Å². The molecule has 3 rings (SSSR count). The lowest BCUT2D eigenvalue weighted by Gasteiger charge is -2.31. The van der Waals surface area contributed by atoms with Crippen LogP contribution in [0.5, 0.6) is 0 Å². The summed E-state index contributed by atoms with van der Waals surface area (Å²) >= 11 is 0. The molecule has 0 spiro atoms. The number of amides is 3. The van der Waals surface area contributed by atoms with E-state index in [0.717, 1.165) is 31.6 Å². The van der Waals surface area contributed by atoms with E-state index in [4.69, 9.17) is 10.2 Å². The van der Waals surface area contributed by atoms with Crippen molar-refractivity contribution in [2.75, 3.05) is 58.7 Å². The molecule has 35 heavy (non-hydrogen) atoms. The average Bonchev–Trinajstić information content (AvgIpc) is 3.34. The molecule has 190 valence electrons. The summed E-state index contributed by atoms with van der Waals surface area (Å²) in [6.45, 7) is 3.78. The van der Waals surface area contributed by atoms with Gasteiger partial charge in [0.25, 0.3) is 5.91 Å². The van der Waals surface area contributed by atoms with Crippen molar-refractivity contribution in [2.45, 2.75) is 25.3 Å². The molecule has 5 N–H and O–H groups in total. The number of anilines is 1. The molecule has 10 heteroatoms. The van der Waals surface area contributed by atoms with E-state index in [2.05, 4.69) is 16.0 Å². The van der Waals surface area contributed by atoms with Crippen molar-refractivity contribution in [3.05, 3.63) is 42.2 Å². The van der Waals surface area contributed by atoms with Gasteiger partial charge in [0, 0.05) is 43.9 Å². The van der Waals surface area contributed by atoms with Crippen molar-refractivity contribution in [3.8, 4) is 11.3 Å². The standard InChI is InChI=1S/C25H36N6O4/c1-30(2)14-4-7-23(32)28-19-6-3-5-18(17-19)21-8-9-22(35-21)24(33)29-20(10-11-26)25(34)31-15-12-27-13-16-31/h3,5-6,8-9,17,20,27H,4,7,10-16,26H2,1-2H3,(H,28,32)(H,29,33)/t20-/m1/s1. The van der Waals surface area contributed by atoms with Gasteiger partial charge in [0.05, 0.1) is 0 Å². The molecule has 1 aliphatic rings. The summed E-state index contributed by atoms with van der Waals surface area (Å²) in [5, 5.41) is 8.89. The molecule has 1 aromatic heterocycles. The molecule has 1 aromatic carbocycles. The van der Waals surface area contributed by atoms with Gasteiger partial charge in [-0.05, 0) is 64.3 Å². The molecule has 1 saturated heterocycles. The zero-order valence-corrected chi connectivity index (χ0v) is 20.5. The lowest BCUT2D eigenvalue weighted by molar-refractivity contribution is -0.134. The lowest BCUT2D eigenvalue weighted by atomic mass is 10.1. The molecule has 10 nitrogen and oxygen atoms in total. The van der Waals surface area contributed by atoms with Crippen LogP contribution in [0.3, 0.4) is 0 Å². The fourth-order valence-corrected chi connectivity index (χ4v) is 3.90. The molecule has 0 aliphatic carbocycles. The maximum absolute atomic E-state index is 12.9. The Morgan fingerprint density at radius 2 is 1.94 bits per heavy atom. The second kappa shape index (κ2) is 13.0. The van der Waals surface area contributed by atoms with Crippen molar-refractivity contribution < 1.29 is 18.8 Å². The van der Waals surface area contributed by atoms with Crippen molar-refractivity contribution in [2.24, 2.45) is 5.73 Å². The number of furan rings is 1. The van der Waals surface area contributed by atoms with Crippen LogP contribution in [0, 0.1) is 0 Å². The number of benzene rings is 1. The van der Waals surface area contributed by atoms with Gasteiger partial charge in [-0.15, -0.1) is 0 Å². The summed E-state index contributed by atoms with van der Waals surface area (Å²) in [6, 6.07) is 9.84. The highest BCUT2D eigenvalue weighted by molar-refractivity contribution is 5.96. The van der Waals surface area contributed by atoms with Gasteiger partial charge >= 0.3 is 0 Å². The molecule has 2 heterocycles. The Morgan fingerprint density at radius 1 is 1.17 bits per heavy atom. The van der Waals surface area contributed by atoms with Crippen molar-refractivity contribution in [1.29, 1.82) is 0 Å². The smallest absolute Gasteiger partial charge is 0.287 e. The third-order valence-corrected chi connectivity index (χ3v) is 5.76. The number of nitrogens with zero attached hydrogens (tertiary/aromatic N) is 2. The number of carbonyl (C=O) groups excluding carboxylic acids is 3. The van der Waals surface area contributed by atoms with Crippen LogP contribution < -0.4 is 21.7 Å². The normalized spacial score (nSPS) is 14.6. The van der Waals surface area contributed by atoms with E-state index in [1.807, 2.05) is 37.2 Å². The summed E-state index contributed by atoms with van der Waals surface area (Å²) in [7, 11) is 3.95. The Labute approximate surface area is 206 Å². The molecule has 1 aliphatic heterocycles. The number of hydrogen-bond acceptors (Lipinski definition) is 7. The molecule has 1 atom stereocenters. The summed E-state index contributed by atoms with van der Waals surface area (Å²) < 4.78 is 5.79. The number of carbonyl (C=O) groups is 3. The Morgan fingerprint density at radius 3 is 2.66 bits per heavy atom. The summed E-state index contributed by atoms with van der Waals surface area (Å²) in [4.78, 5) is 41.7. The van der Waals surface area contributed by atoms with Crippen LogP contribution in [0.1, 0.15) is 29.8 Å². The Kier molecular flexibility index (Phi) is 9.83. The van der Waals surface area contributed by atoms with Gasteiger partial charge in [0.15, 0.2) is 5.76 Å². The molecule has 0 unspecified atom stereocenters. The summed E-state index contributed by atoms with van der Waals surface area (Å²) in [5.74, 6) is -0.0610. The Balaban J connectivity index is 1.62. The topological polar surface area (TPSA) is 133 Å². The van der Waals surface area contributed by atoms with E-state index in [0.29, 0.717) is 37.4 Å². The fourth-order valence-electron chi connectivity index (χ4n) is 3.90. The highest BCUT2D eigenvalue weighted by atomic mass is 16.4. The minimum atomic E-state index is -0.704. The molecular weight excluding hydrogens is 448 g/mol. The third kappa shape index (κ3) is 7.91. The first-order valence-corrected chi connectivity index (χ1v) is 12.0. The molecule has 0 radical (unpaired) electrons. The first kappa shape index (κ1) is 26.4. The van der Waals surface area contributed by atoms with Gasteiger partial charge in [-0.3, -0.25) is 14.4 Å². The van der Waals surface area contributed by atoms with Gasteiger partial charge in [0.2, 0.25) is 11.8 Å². The molecule has 1 fully saturated rings. The Hall–Kier alpha value is -3.21. The van der Waals surface area contributed by atoms with Gasteiger partial charge < -0.3 is 35.9 Å². The monoisotopic (exact) mass is 484 g/mol. The molecule has 0 bridgehead atoms. The molecule has 2 aromatic rings. The molecular formula is C25H36N6O4. The minimum Gasteiger partial charge on any atom is -0.451 e. The number of hydrogen-bond donors (Lipinski definition) is 4. The van der Waals surface area contributed by atoms with E-state index >= 15 is 0 Å². The van der Waals surface area contributed by atoms with Gasteiger partial charge in [-0.2, -0.15) is 0 Å². The highest BCUT2D eigenvalue weighted by Gasteiger charge is 2.27. The predicted octanol–water partition coefficient (Wildman–Crippen LogP) is 1.11. The highest BCUT2D eigenvalue weighted by Crippen LogP contribution is 2.25. The second-order valence-corrected chi connectivity index (χ2v) is 8.88. The van der Waals surface area contributed by atoms with Gasteiger partial charge in [0.1, 0.15) is 11.8 Å².